The van der Waals surface area contributed by atoms with Crippen LogP contribution in [0.5, 0.6) is 0 Å². The van der Waals surface area contributed by atoms with E-state index in [-0.39, 0.29) is 5.82 Å². The van der Waals surface area contributed by atoms with Crippen molar-refractivity contribution in [2.75, 3.05) is 19.6 Å². The largest absolute Gasteiger partial charge is 0.329 e. The first-order valence-electron chi connectivity index (χ1n) is 5.89. The summed E-state index contributed by atoms with van der Waals surface area (Å²) >= 11 is 6.05. The van der Waals surface area contributed by atoms with E-state index in [9.17, 15) is 4.39 Å². The molecule has 1 rings (SSSR count). The van der Waals surface area contributed by atoms with Crippen molar-refractivity contribution >= 4 is 11.6 Å². The van der Waals surface area contributed by atoms with Crippen LogP contribution in [0.15, 0.2) is 18.2 Å². The molecule has 0 amide bonds. The molecule has 0 aliphatic heterocycles. The lowest BCUT2D eigenvalue weighted by atomic mass is 10.1. The van der Waals surface area contributed by atoms with Gasteiger partial charge in [0.2, 0.25) is 0 Å². The highest BCUT2D eigenvalue weighted by molar-refractivity contribution is 6.31. The summed E-state index contributed by atoms with van der Waals surface area (Å²) in [6.45, 7) is 7.27. The fourth-order valence-corrected chi connectivity index (χ4v) is 2.02. The van der Waals surface area contributed by atoms with Crippen molar-refractivity contribution in [1.29, 1.82) is 0 Å². The Bertz CT molecular complexity index is 355. The SMILES string of the molecule is CC(C)CN(CCN)Cc1cc(F)ccc1Cl. The second kappa shape index (κ2) is 6.94. The molecule has 0 saturated heterocycles. The third-order valence-corrected chi connectivity index (χ3v) is 2.84. The molecular formula is C13H20ClFN2. The minimum absolute atomic E-state index is 0.248. The van der Waals surface area contributed by atoms with E-state index in [1.807, 2.05) is 0 Å². The highest BCUT2D eigenvalue weighted by Gasteiger charge is 2.10. The summed E-state index contributed by atoms with van der Waals surface area (Å²) < 4.78 is 13.1. The predicted molar refractivity (Wildman–Crippen MR) is 70.6 cm³/mol. The lowest BCUT2D eigenvalue weighted by molar-refractivity contribution is 0.242. The number of benzene rings is 1. The second-order valence-electron chi connectivity index (χ2n) is 4.65. The van der Waals surface area contributed by atoms with Crippen LogP contribution in [-0.4, -0.2) is 24.5 Å². The Labute approximate surface area is 108 Å². The molecular weight excluding hydrogens is 239 g/mol. The van der Waals surface area contributed by atoms with Crippen LogP contribution in [0.3, 0.4) is 0 Å². The molecule has 0 heterocycles. The second-order valence-corrected chi connectivity index (χ2v) is 5.06. The van der Waals surface area contributed by atoms with Crippen LogP contribution in [-0.2, 0) is 6.54 Å². The third-order valence-electron chi connectivity index (χ3n) is 2.47. The van der Waals surface area contributed by atoms with E-state index in [1.54, 1.807) is 6.07 Å². The van der Waals surface area contributed by atoms with Gasteiger partial charge < -0.3 is 5.73 Å². The van der Waals surface area contributed by atoms with Crippen LogP contribution < -0.4 is 5.73 Å². The number of hydrogen-bond donors (Lipinski definition) is 1. The zero-order valence-electron chi connectivity index (χ0n) is 10.4. The summed E-state index contributed by atoms with van der Waals surface area (Å²) in [5.74, 6) is 0.301. The minimum Gasteiger partial charge on any atom is -0.329 e. The van der Waals surface area contributed by atoms with Gasteiger partial charge in [0.25, 0.3) is 0 Å². The molecule has 4 heteroatoms. The highest BCUT2D eigenvalue weighted by Crippen LogP contribution is 2.19. The third kappa shape index (κ3) is 5.02. The maximum Gasteiger partial charge on any atom is 0.123 e. The topological polar surface area (TPSA) is 29.3 Å². The standard InChI is InChI=1S/C13H20ClFN2/c1-10(2)8-17(6-5-16)9-11-7-12(15)3-4-13(11)14/h3-4,7,10H,5-6,8-9,16H2,1-2H3. The molecule has 0 atom stereocenters. The van der Waals surface area contributed by atoms with E-state index >= 15 is 0 Å². The summed E-state index contributed by atoms with van der Waals surface area (Å²) in [5, 5.41) is 0.608. The van der Waals surface area contributed by atoms with Gasteiger partial charge >= 0.3 is 0 Å². The maximum absolute atomic E-state index is 13.1. The van der Waals surface area contributed by atoms with Gasteiger partial charge in [0, 0.05) is 31.2 Å². The van der Waals surface area contributed by atoms with Crippen LogP contribution >= 0.6 is 11.6 Å². The molecule has 0 fully saturated rings. The van der Waals surface area contributed by atoms with Gasteiger partial charge in [0.15, 0.2) is 0 Å². The molecule has 0 saturated carbocycles. The smallest absolute Gasteiger partial charge is 0.123 e. The minimum atomic E-state index is -0.248. The molecule has 0 aliphatic rings. The van der Waals surface area contributed by atoms with Crippen molar-refractivity contribution in [2.45, 2.75) is 20.4 Å². The fourth-order valence-electron chi connectivity index (χ4n) is 1.84. The highest BCUT2D eigenvalue weighted by atomic mass is 35.5. The summed E-state index contributed by atoms with van der Waals surface area (Å²) in [7, 11) is 0. The number of hydrogen-bond acceptors (Lipinski definition) is 2. The van der Waals surface area contributed by atoms with Crippen LogP contribution in [0, 0.1) is 11.7 Å². The first kappa shape index (κ1) is 14.4. The molecule has 0 spiro atoms. The summed E-state index contributed by atoms with van der Waals surface area (Å²) in [6.07, 6.45) is 0. The van der Waals surface area contributed by atoms with Gasteiger partial charge in [-0.05, 0) is 29.7 Å². The van der Waals surface area contributed by atoms with Crippen LogP contribution in [0.25, 0.3) is 0 Å². The molecule has 17 heavy (non-hydrogen) atoms. The van der Waals surface area contributed by atoms with Gasteiger partial charge in [0.05, 0.1) is 0 Å². The summed E-state index contributed by atoms with van der Waals surface area (Å²) in [4.78, 5) is 2.20. The van der Waals surface area contributed by atoms with Crippen molar-refractivity contribution in [3.63, 3.8) is 0 Å². The van der Waals surface area contributed by atoms with Gasteiger partial charge in [-0.25, -0.2) is 4.39 Å². The monoisotopic (exact) mass is 258 g/mol. The van der Waals surface area contributed by atoms with Crippen molar-refractivity contribution in [1.82, 2.24) is 4.90 Å². The normalized spacial score (nSPS) is 11.5. The molecule has 0 aliphatic carbocycles. The quantitative estimate of drug-likeness (QED) is 0.850. The summed E-state index contributed by atoms with van der Waals surface area (Å²) in [6, 6.07) is 4.47. The van der Waals surface area contributed by atoms with E-state index < -0.39 is 0 Å². The number of halogens is 2. The Morgan fingerprint density at radius 2 is 2.12 bits per heavy atom. The number of nitrogens with zero attached hydrogens (tertiary/aromatic N) is 1. The Morgan fingerprint density at radius 3 is 2.71 bits per heavy atom. The van der Waals surface area contributed by atoms with Crippen molar-refractivity contribution in [3.05, 3.63) is 34.6 Å². The van der Waals surface area contributed by atoms with Crippen LogP contribution in [0.4, 0.5) is 4.39 Å². The van der Waals surface area contributed by atoms with Crippen molar-refractivity contribution in [2.24, 2.45) is 11.7 Å². The van der Waals surface area contributed by atoms with Crippen molar-refractivity contribution < 1.29 is 4.39 Å². The lowest BCUT2D eigenvalue weighted by Gasteiger charge is -2.24. The molecule has 0 bridgehead atoms. The maximum atomic E-state index is 13.1. The van der Waals surface area contributed by atoms with Gasteiger partial charge in [-0.3, -0.25) is 4.90 Å². The Hall–Kier alpha value is -0.640. The van der Waals surface area contributed by atoms with Crippen molar-refractivity contribution in [3.8, 4) is 0 Å². The first-order valence-corrected chi connectivity index (χ1v) is 6.27. The van der Waals surface area contributed by atoms with Gasteiger partial charge in [-0.15, -0.1) is 0 Å². The molecule has 2 N–H and O–H groups in total. The summed E-state index contributed by atoms with van der Waals surface area (Å²) in [5.41, 5.74) is 6.40. The molecule has 2 nitrogen and oxygen atoms in total. The molecule has 0 unspecified atom stereocenters. The first-order chi connectivity index (χ1) is 8.02. The molecule has 1 aromatic rings. The molecule has 0 radical (unpaired) electrons. The van der Waals surface area contributed by atoms with E-state index in [2.05, 4.69) is 18.7 Å². The van der Waals surface area contributed by atoms with Crippen LogP contribution in [0.1, 0.15) is 19.4 Å². The fraction of sp³-hybridized carbons (Fsp3) is 0.538. The zero-order chi connectivity index (χ0) is 12.8. The number of nitrogens with two attached hydrogens (primary N) is 1. The van der Waals surface area contributed by atoms with E-state index in [1.165, 1.54) is 12.1 Å². The average Bonchev–Trinajstić information content (AvgIpc) is 2.23. The van der Waals surface area contributed by atoms with Crippen LogP contribution in [0.2, 0.25) is 5.02 Å². The van der Waals surface area contributed by atoms with Gasteiger partial charge in [-0.1, -0.05) is 25.4 Å². The van der Waals surface area contributed by atoms with Gasteiger partial charge in [-0.2, -0.15) is 0 Å². The van der Waals surface area contributed by atoms with E-state index in [0.29, 0.717) is 24.0 Å². The Morgan fingerprint density at radius 1 is 1.41 bits per heavy atom. The Kier molecular flexibility index (Phi) is 5.89. The zero-order valence-corrected chi connectivity index (χ0v) is 11.2. The predicted octanol–water partition coefficient (Wildman–Crippen LogP) is 2.90. The van der Waals surface area contributed by atoms with Gasteiger partial charge in [0.1, 0.15) is 5.82 Å². The van der Waals surface area contributed by atoms with E-state index in [0.717, 1.165) is 18.7 Å². The Balaban J connectivity index is 2.74. The molecule has 1 aromatic carbocycles. The lowest BCUT2D eigenvalue weighted by Crippen LogP contribution is -2.32. The molecule has 0 aromatic heterocycles. The molecule has 96 valence electrons. The number of rotatable bonds is 6. The van der Waals surface area contributed by atoms with E-state index in [4.69, 9.17) is 17.3 Å². The average molecular weight is 259 g/mol.